The molecule has 0 amide bonds. The lowest BCUT2D eigenvalue weighted by Gasteiger charge is -2.14. The van der Waals surface area contributed by atoms with Crippen LogP contribution in [0.3, 0.4) is 0 Å². The summed E-state index contributed by atoms with van der Waals surface area (Å²) in [6, 6.07) is 5.77. The summed E-state index contributed by atoms with van der Waals surface area (Å²) in [6.45, 7) is 2.43. The molecule has 1 aromatic carbocycles. The van der Waals surface area contributed by atoms with E-state index in [1.54, 1.807) is 11.3 Å². The summed E-state index contributed by atoms with van der Waals surface area (Å²) in [6.07, 6.45) is -0.499. The molecule has 2 rings (SSSR count). The Kier molecular flexibility index (Phi) is 4.27. The molecular weight excluding hydrogens is 312 g/mol. The fraction of sp³-hybridized carbons (Fsp3) is 0.231. The third-order valence-corrected chi connectivity index (χ3v) is 4.13. The summed E-state index contributed by atoms with van der Waals surface area (Å²) in [5, 5.41) is 17.1. The fourth-order valence-corrected chi connectivity index (χ4v) is 2.83. The van der Waals surface area contributed by atoms with E-state index < -0.39 is 6.10 Å². The highest BCUT2D eigenvalue weighted by molar-refractivity contribution is 9.10. The average molecular weight is 327 g/mol. The van der Waals surface area contributed by atoms with Gasteiger partial charge in [0, 0.05) is 22.4 Å². The molecule has 0 aliphatic rings. The largest absolute Gasteiger partial charge is 0.398 e. The van der Waals surface area contributed by atoms with E-state index in [9.17, 15) is 5.11 Å². The molecule has 0 radical (unpaired) electrons. The van der Waals surface area contributed by atoms with E-state index in [2.05, 4.69) is 21.2 Å². The fourth-order valence-electron chi connectivity index (χ4n) is 1.62. The molecule has 0 aliphatic heterocycles. The van der Waals surface area contributed by atoms with Gasteiger partial charge < -0.3 is 16.2 Å². The van der Waals surface area contributed by atoms with Gasteiger partial charge in [0.1, 0.15) is 0 Å². The molecule has 1 unspecified atom stereocenters. The molecule has 0 fully saturated rings. The van der Waals surface area contributed by atoms with Crippen LogP contribution in [0.5, 0.6) is 0 Å². The SMILES string of the molecule is Cc1cc(NCC(O)c2ccsc2)c(Br)cc1N. The predicted octanol–water partition coefficient (Wildman–Crippen LogP) is 3.55. The number of nitrogens with one attached hydrogen (secondary N) is 1. The standard InChI is InChI=1S/C13H15BrN2OS/c1-8-4-12(10(14)5-11(8)15)16-6-13(17)9-2-3-18-7-9/h2-5,7,13,16-17H,6,15H2,1H3. The van der Waals surface area contributed by atoms with Gasteiger partial charge in [0.05, 0.1) is 6.10 Å². The topological polar surface area (TPSA) is 58.3 Å². The Labute approximate surface area is 119 Å². The normalized spacial score (nSPS) is 12.4. The van der Waals surface area contributed by atoms with Crippen LogP contribution in [0.4, 0.5) is 11.4 Å². The van der Waals surface area contributed by atoms with E-state index in [-0.39, 0.29) is 0 Å². The van der Waals surface area contributed by atoms with Crippen LogP contribution in [0.2, 0.25) is 0 Å². The van der Waals surface area contributed by atoms with Crippen molar-refractivity contribution in [3.8, 4) is 0 Å². The Morgan fingerprint density at radius 1 is 1.50 bits per heavy atom. The van der Waals surface area contributed by atoms with Crippen LogP contribution < -0.4 is 11.1 Å². The summed E-state index contributed by atoms with van der Waals surface area (Å²) in [7, 11) is 0. The van der Waals surface area contributed by atoms with Crippen molar-refractivity contribution in [2.45, 2.75) is 13.0 Å². The summed E-state index contributed by atoms with van der Waals surface area (Å²) in [5.74, 6) is 0. The maximum Gasteiger partial charge on any atom is 0.0970 e. The third-order valence-electron chi connectivity index (χ3n) is 2.77. The molecule has 0 spiro atoms. The summed E-state index contributed by atoms with van der Waals surface area (Å²) in [5.41, 5.74) is 9.47. The minimum Gasteiger partial charge on any atom is -0.398 e. The van der Waals surface area contributed by atoms with Crippen LogP contribution in [-0.2, 0) is 0 Å². The van der Waals surface area contributed by atoms with Crippen LogP contribution >= 0.6 is 27.3 Å². The van der Waals surface area contributed by atoms with Crippen molar-refractivity contribution >= 4 is 38.6 Å². The quantitative estimate of drug-likeness (QED) is 0.753. The number of halogens is 1. The number of nitrogens with two attached hydrogens (primary N) is 1. The molecule has 0 saturated heterocycles. The van der Waals surface area contributed by atoms with E-state index in [4.69, 9.17) is 5.73 Å². The number of benzene rings is 1. The number of aliphatic hydroxyl groups is 1. The monoisotopic (exact) mass is 326 g/mol. The molecule has 1 atom stereocenters. The van der Waals surface area contributed by atoms with Gasteiger partial charge in [-0.25, -0.2) is 0 Å². The number of nitrogen functional groups attached to an aromatic ring is 1. The summed E-state index contributed by atoms with van der Waals surface area (Å²) >= 11 is 5.04. The first-order chi connectivity index (χ1) is 8.58. The van der Waals surface area contributed by atoms with Gasteiger partial charge in [-0.05, 0) is 62.9 Å². The van der Waals surface area contributed by atoms with Gasteiger partial charge in [-0.15, -0.1) is 0 Å². The first-order valence-corrected chi connectivity index (χ1v) is 7.31. The minimum atomic E-state index is -0.499. The zero-order chi connectivity index (χ0) is 13.1. The number of thiophene rings is 1. The van der Waals surface area contributed by atoms with E-state index in [1.807, 2.05) is 35.9 Å². The second-order valence-electron chi connectivity index (χ2n) is 4.14. The van der Waals surface area contributed by atoms with Crippen molar-refractivity contribution in [1.29, 1.82) is 0 Å². The Morgan fingerprint density at radius 2 is 2.28 bits per heavy atom. The molecule has 5 heteroatoms. The van der Waals surface area contributed by atoms with E-state index >= 15 is 0 Å². The first-order valence-electron chi connectivity index (χ1n) is 5.57. The van der Waals surface area contributed by atoms with Crippen molar-refractivity contribution < 1.29 is 5.11 Å². The number of hydrogen-bond acceptors (Lipinski definition) is 4. The van der Waals surface area contributed by atoms with Crippen molar-refractivity contribution in [2.75, 3.05) is 17.6 Å². The Balaban J connectivity index is 2.04. The Hall–Kier alpha value is -1.04. The molecule has 4 N–H and O–H groups in total. The van der Waals surface area contributed by atoms with Gasteiger partial charge in [-0.3, -0.25) is 0 Å². The molecule has 0 bridgehead atoms. The third kappa shape index (κ3) is 3.04. The highest BCUT2D eigenvalue weighted by atomic mass is 79.9. The van der Waals surface area contributed by atoms with Gasteiger partial charge in [-0.2, -0.15) is 11.3 Å². The number of rotatable bonds is 4. The second kappa shape index (κ2) is 5.73. The van der Waals surface area contributed by atoms with E-state index in [0.29, 0.717) is 6.54 Å². The van der Waals surface area contributed by atoms with Gasteiger partial charge in [0.2, 0.25) is 0 Å². The first kappa shape index (κ1) is 13.4. The summed E-state index contributed by atoms with van der Waals surface area (Å²) in [4.78, 5) is 0. The zero-order valence-corrected chi connectivity index (χ0v) is 12.4. The van der Waals surface area contributed by atoms with Crippen LogP contribution in [0.25, 0.3) is 0 Å². The maximum absolute atomic E-state index is 9.99. The molecule has 2 aromatic rings. The zero-order valence-electron chi connectivity index (χ0n) is 9.98. The van der Waals surface area contributed by atoms with Crippen LogP contribution in [0, 0.1) is 6.92 Å². The average Bonchev–Trinajstić information content (AvgIpc) is 2.85. The Bertz CT molecular complexity index is 528. The van der Waals surface area contributed by atoms with Crippen LogP contribution in [0.15, 0.2) is 33.4 Å². The van der Waals surface area contributed by atoms with Gasteiger partial charge in [0.15, 0.2) is 0 Å². The number of aryl methyl sites for hydroxylation is 1. The van der Waals surface area contributed by atoms with Crippen molar-refractivity contribution in [3.05, 3.63) is 44.6 Å². The molecule has 0 saturated carbocycles. The van der Waals surface area contributed by atoms with Gasteiger partial charge in [-0.1, -0.05) is 0 Å². The van der Waals surface area contributed by atoms with Crippen molar-refractivity contribution in [3.63, 3.8) is 0 Å². The smallest absolute Gasteiger partial charge is 0.0970 e. The van der Waals surface area contributed by atoms with Crippen molar-refractivity contribution in [2.24, 2.45) is 0 Å². The van der Waals surface area contributed by atoms with Gasteiger partial charge in [0.25, 0.3) is 0 Å². The minimum absolute atomic E-state index is 0.471. The molecule has 18 heavy (non-hydrogen) atoms. The van der Waals surface area contributed by atoms with Crippen LogP contribution in [0.1, 0.15) is 17.2 Å². The van der Waals surface area contributed by atoms with E-state index in [1.165, 1.54) is 0 Å². The molecule has 1 heterocycles. The molecule has 96 valence electrons. The molecule has 1 aromatic heterocycles. The second-order valence-corrected chi connectivity index (χ2v) is 5.78. The van der Waals surface area contributed by atoms with Crippen molar-refractivity contribution in [1.82, 2.24) is 0 Å². The van der Waals surface area contributed by atoms with E-state index in [0.717, 1.165) is 27.0 Å². The summed E-state index contributed by atoms with van der Waals surface area (Å²) < 4.78 is 0.906. The highest BCUT2D eigenvalue weighted by Crippen LogP contribution is 2.28. The molecule has 3 nitrogen and oxygen atoms in total. The number of hydrogen-bond donors (Lipinski definition) is 3. The number of aliphatic hydroxyl groups excluding tert-OH is 1. The highest BCUT2D eigenvalue weighted by Gasteiger charge is 2.09. The lowest BCUT2D eigenvalue weighted by molar-refractivity contribution is 0.192. The Morgan fingerprint density at radius 3 is 2.94 bits per heavy atom. The van der Waals surface area contributed by atoms with Crippen LogP contribution in [-0.4, -0.2) is 11.7 Å². The lowest BCUT2D eigenvalue weighted by Crippen LogP contribution is -2.12. The predicted molar refractivity (Wildman–Crippen MR) is 81.1 cm³/mol. The molecule has 0 aliphatic carbocycles. The molecular formula is C13H15BrN2OS. The van der Waals surface area contributed by atoms with Gasteiger partial charge >= 0.3 is 0 Å². The lowest BCUT2D eigenvalue weighted by atomic mass is 10.1. The maximum atomic E-state index is 9.99. The number of anilines is 2.